The smallest absolute Gasteiger partial charge is 0.328 e. The van der Waals surface area contributed by atoms with Gasteiger partial charge in [0.1, 0.15) is 11.9 Å². The van der Waals surface area contributed by atoms with Crippen molar-refractivity contribution in [2.24, 2.45) is 0 Å². The second-order valence-electron chi connectivity index (χ2n) is 6.23. The number of halogens is 3. The van der Waals surface area contributed by atoms with Crippen molar-refractivity contribution in [3.05, 3.63) is 69.5 Å². The number of benzene rings is 2. The molecule has 0 aliphatic heterocycles. The highest BCUT2D eigenvalue weighted by Gasteiger charge is 2.21. The highest BCUT2D eigenvalue weighted by Crippen LogP contribution is 2.20. The molecule has 154 valence electrons. The quantitative estimate of drug-likeness (QED) is 0.668. The van der Waals surface area contributed by atoms with E-state index in [2.05, 4.69) is 5.32 Å². The summed E-state index contributed by atoms with van der Waals surface area (Å²) in [6.45, 7) is 0.777. The van der Waals surface area contributed by atoms with Crippen molar-refractivity contribution in [2.75, 3.05) is 13.7 Å². The summed E-state index contributed by atoms with van der Waals surface area (Å²) in [5, 5.41) is 2.89. The van der Waals surface area contributed by atoms with E-state index in [-0.39, 0.29) is 27.7 Å². The third-order valence-corrected chi connectivity index (χ3v) is 4.72. The van der Waals surface area contributed by atoms with E-state index in [1.165, 1.54) is 43.1 Å². The molecule has 9 heteroatoms. The summed E-state index contributed by atoms with van der Waals surface area (Å²) in [6, 6.07) is 9.59. The lowest BCUT2D eigenvalue weighted by Crippen LogP contribution is -2.41. The molecule has 0 spiro atoms. The van der Waals surface area contributed by atoms with E-state index < -0.39 is 36.2 Å². The van der Waals surface area contributed by atoms with Crippen LogP contribution in [0, 0.1) is 5.82 Å². The topological polar surface area (TPSA) is 75.7 Å². The Hall–Kier alpha value is -2.64. The number of carbonyl (C=O) groups is 3. The van der Waals surface area contributed by atoms with Gasteiger partial charge in [-0.1, -0.05) is 41.4 Å². The maximum Gasteiger partial charge on any atom is 0.328 e. The van der Waals surface area contributed by atoms with Gasteiger partial charge in [0.15, 0.2) is 6.61 Å². The second-order valence-corrected chi connectivity index (χ2v) is 7.05. The number of nitrogens with one attached hydrogen (secondary N) is 1. The second kappa shape index (κ2) is 10.2. The standard InChI is InChI=1S/C20H19Cl2FN2O4/c1-12(24-19(27)13-6-3-4-7-15(13)21)20(28)29-11-18(26)25(2)10-14-16(22)8-5-9-17(14)23/h3-9,12H,10-11H2,1-2H3,(H,24,27). The zero-order valence-corrected chi connectivity index (χ0v) is 17.3. The summed E-state index contributed by atoms with van der Waals surface area (Å²) in [4.78, 5) is 37.6. The van der Waals surface area contributed by atoms with E-state index in [0.717, 1.165) is 0 Å². The molecular weight excluding hydrogens is 422 g/mol. The molecule has 1 atom stereocenters. The fourth-order valence-corrected chi connectivity index (χ4v) is 2.80. The van der Waals surface area contributed by atoms with Crippen molar-refractivity contribution in [2.45, 2.75) is 19.5 Å². The molecule has 0 fully saturated rings. The largest absolute Gasteiger partial charge is 0.454 e. The first-order chi connectivity index (χ1) is 13.7. The number of hydrogen-bond donors (Lipinski definition) is 1. The van der Waals surface area contributed by atoms with E-state index in [4.69, 9.17) is 27.9 Å². The third-order valence-electron chi connectivity index (χ3n) is 4.04. The number of carbonyl (C=O) groups excluding carboxylic acids is 3. The number of nitrogens with zero attached hydrogens (tertiary/aromatic N) is 1. The Bertz CT molecular complexity index is 903. The number of likely N-dealkylation sites (N-methyl/N-ethyl adjacent to an activating group) is 1. The van der Waals surface area contributed by atoms with Gasteiger partial charge < -0.3 is 15.0 Å². The average molecular weight is 441 g/mol. The predicted molar refractivity (Wildman–Crippen MR) is 107 cm³/mol. The van der Waals surface area contributed by atoms with Crippen LogP contribution in [-0.4, -0.2) is 42.4 Å². The van der Waals surface area contributed by atoms with Crippen molar-refractivity contribution >= 4 is 41.0 Å². The van der Waals surface area contributed by atoms with E-state index in [1.54, 1.807) is 18.2 Å². The Morgan fingerprint density at radius 2 is 1.76 bits per heavy atom. The van der Waals surface area contributed by atoms with Gasteiger partial charge in [-0.25, -0.2) is 9.18 Å². The highest BCUT2D eigenvalue weighted by atomic mass is 35.5. The Balaban J connectivity index is 1.86. The van der Waals surface area contributed by atoms with Crippen LogP contribution in [0.4, 0.5) is 4.39 Å². The first-order valence-corrected chi connectivity index (χ1v) is 9.35. The zero-order chi connectivity index (χ0) is 21.6. The highest BCUT2D eigenvalue weighted by molar-refractivity contribution is 6.33. The maximum atomic E-state index is 13.8. The molecule has 2 amide bonds. The Kier molecular flexibility index (Phi) is 7.99. The van der Waals surface area contributed by atoms with E-state index >= 15 is 0 Å². The fraction of sp³-hybridized carbons (Fsp3) is 0.250. The SMILES string of the molecule is CC(NC(=O)c1ccccc1Cl)C(=O)OCC(=O)N(C)Cc1c(F)cccc1Cl. The first-order valence-electron chi connectivity index (χ1n) is 8.59. The van der Waals surface area contributed by atoms with Crippen LogP contribution in [0.1, 0.15) is 22.8 Å². The van der Waals surface area contributed by atoms with Gasteiger partial charge in [0.2, 0.25) is 0 Å². The summed E-state index contributed by atoms with van der Waals surface area (Å²) in [5.41, 5.74) is 0.378. The molecule has 0 aliphatic rings. The van der Waals surface area contributed by atoms with Gasteiger partial charge in [-0.3, -0.25) is 9.59 Å². The van der Waals surface area contributed by atoms with Crippen LogP contribution in [0.3, 0.4) is 0 Å². The number of esters is 1. The third kappa shape index (κ3) is 6.17. The molecule has 2 aromatic rings. The molecule has 0 saturated heterocycles. The predicted octanol–water partition coefficient (Wildman–Crippen LogP) is 3.45. The number of hydrogen-bond acceptors (Lipinski definition) is 4. The molecule has 0 aromatic heterocycles. The summed E-state index contributed by atoms with van der Waals surface area (Å²) >= 11 is 11.9. The van der Waals surface area contributed by atoms with Crippen molar-refractivity contribution in [3.63, 3.8) is 0 Å². The lowest BCUT2D eigenvalue weighted by atomic mass is 10.2. The van der Waals surface area contributed by atoms with Gasteiger partial charge in [0.25, 0.3) is 11.8 Å². The number of rotatable bonds is 7. The van der Waals surface area contributed by atoms with Crippen LogP contribution in [-0.2, 0) is 20.9 Å². The molecule has 0 radical (unpaired) electrons. The van der Waals surface area contributed by atoms with Gasteiger partial charge in [-0.05, 0) is 31.2 Å². The monoisotopic (exact) mass is 440 g/mol. The molecule has 2 rings (SSSR count). The minimum absolute atomic E-state index is 0.0827. The normalized spacial score (nSPS) is 11.5. The molecule has 29 heavy (non-hydrogen) atoms. The van der Waals surface area contributed by atoms with E-state index in [1.807, 2.05) is 0 Å². The van der Waals surface area contributed by atoms with Crippen LogP contribution in [0.5, 0.6) is 0 Å². The zero-order valence-electron chi connectivity index (χ0n) is 15.7. The van der Waals surface area contributed by atoms with Crippen molar-refractivity contribution in [1.82, 2.24) is 10.2 Å². The molecule has 0 aliphatic carbocycles. The first kappa shape index (κ1) is 22.6. The van der Waals surface area contributed by atoms with Gasteiger partial charge >= 0.3 is 5.97 Å². The molecule has 2 aromatic carbocycles. The van der Waals surface area contributed by atoms with Crippen LogP contribution < -0.4 is 5.32 Å². The summed E-state index contributed by atoms with van der Waals surface area (Å²) in [5.74, 6) is -2.43. The van der Waals surface area contributed by atoms with E-state index in [9.17, 15) is 18.8 Å². The lowest BCUT2D eigenvalue weighted by Gasteiger charge is -2.19. The van der Waals surface area contributed by atoms with Crippen molar-refractivity contribution < 1.29 is 23.5 Å². The molecule has 0 bridgehead atoms. The maximum absolute atomic E-state index is 13.8. The van der Waals surface area contributed by atoms with Crippen LogP contribution in [0.25, 0.3) is 0 Å². The fourth-order valence-electron chi connectivity index (χ4n) is 2.36. The van der Waals surface area contributed by atoms with Crippen molar-refractivity contribution in [1.29, 1.82) is 0 Å². The Labute approximate surface area is 177 Å². The summed E-state index contributed by atoms with van der Waals surface area (Å²) < 4.78 is 18.8. The molecular formula is C20H19Cl2FN2O4. The molecule has 1 unspecified atom stereocenters. The summed E-state index contributed by atoms with van der Waals surface area (Å²) in [7, 11) is 1.43. The van der Waals surface area contributed by atoms with Gasteiger partial charge in [0.05, 0.1) is 10.6 Å². The number of amides is 2. The average Bonchev–Trinajstić information content (AvgIpc) is 2.68. The molecule has 0 saturated carbocycles. The Morgan fingerprint density at radius 3 is 2.41 bits per heavy atom. The number of ether oxygens (including phenoxy) is 1. The van der Waals surface area contributed by atoms with Gasteiger partial charge in [-0.15, -0.1) is 0 Å². The lowest BCUT2D eigenvalue weighted by molar-refractivity contribution is -0.153. The molecule has 1 N–H and O–H groups in total. The minimum Gasteiger partial charge on any atom is -0.454 e. The van der Waals surface area contributed by atoms with Crippen LogP contribution >= 0.6 is 23.2 Å². The van der Waals surface area contributed by atoms with Crippen molar-refractivity contribution in [3.8, 4) is 0 Å². The Morgan fingerprint density at radius 1 is 1.10 bits per heavy atom. The molecule has 6 nitrogen and oxygen atoms in total. The van der Waals surface area contributed by atoms with Crippen LogP contribution in [0.2, 0.25) is 10.0 Å². The van der Waals surface area contributed by atoms with Crippen LogP contribution in [0.15, 0.2) is 42.5 Å². The molecule has 0 heterocycles. The van der Waals surface area contributed by atoms with Gasteiger partial charge in [-0.2, -0.15) is 0 Å². The summed E-state index contributed by atoms with van der Waals surface area (Å²) in [6.07, 6.45) is 0. The minimum atomic E-state index is -1.00. The van der Waals surface area contributed by atoms with E-state index in [0.29, 0.717) is 0 Å². The van der Waals surface area contributed by atoms with Gasteiger partial charge in [0, 0.05) is 24.2 Å².